The number of piperidine rings is 1. The van der Waals surface area contributed by atoms with Crippen molar-refractivity contribution in [2.24, 2.45) is 5.16 Å². The Labute approximate surface area is 280 Å². The van der Waals surface area contributed by atoms with Gasteiger partial charge in [0.1, 0.15) is 29.2 Å². The average Bonchev–Trinajstić information content (AvgIpc) is 3.72. The van der Waals surface area contributed by atoms with Gasteiger partial charge < -0.3 is 29.5 Å². The summed E-state index contributed by atoms with van der Waals surface area (Å²) in [5.74, 6) is -1.81. The van der Waals surface area contributed by atoms with E-state index in [1.807, 2.05) is 29.2 Å². The lowest BCUT2D eigenvalue weighted by Gasteiger charge is -2.49. The van der Waals surface area contributed by atoms with Crippen LogP contribution in [-0.2, 0) is 30.3 Å². The van der Waals surface area contributed by atoms with Gasteiger partial charge >= 0.3 is 11.6 Å². The Morgan fingerprint density at radius 3 is 2.81 bits per heavy atom. The number of amides is 2. The van der Waals surface area contributed by atoms with Crippen LogP contribution in [0.3, 0.4) is 0 Å². The molecule has 2 fully saturated rings. The molecule has 0 bridgehead atoms. The number of carbonyl (C=O) groups excluding carboxylic acids is 3. The van der Waals surface area contributed by atoms with Crippen LogP contribution in [0.25, 0.3) is 11.2 Å². The molecule has 3 aromatic heterocycles. The monoisotopic (exact) mass is 701 g/mol. The lowest BCUT2D eigenvalue weighted by Crippen LogP contribution is -2.71. The van der Waals surface area contributed by atoms with Gasteiger partial charge in [0.15, 0.2) is 7.57 Å². The number of nitrogens with zero attached hydrogens (tertiary/aromatic N) is 8. The van der Waals surface area contributed by atoms with E-state index in [1.54, 1.807) is 13.7 Å². The Bertz CT molecular complexity index is 1750. The number of fused-ring (bicyclic) bond motifs is 2. The van der Waals surface area contributed by atoms with E-state index in [0.717, 1.165) is 48.6 Å². The smallest absolute Gasteiger partial charge is 0.357 e. The molecule has 2 saturated heterocycles. The van der Waals surface area contributed by atoms with E-state index in [2.05, 4.69) is 46.5 Å². The van der Waals surface area contributed by atoms with Crippen LogP contribution in [0.15, 0.2) is 41.1 Å². The highest BCUT2D eigenvalue weighted by Gasteiger charge is 2.55. The number of pyridine rings is 1. The molecule has 2 radical (unpaired) electrons. The maximum atomic E-state index is 13.6. The Balaban J connectivity index is 1.26. The first kappa shape index (κ1) is 33.2. The summed E-state index contributed by atoms with van der Waals surface area (Å²) in [6.45, 7) is 2.61. The quantitative estimate of drug-likeness (QED) is 0.0738. The van der Waals surface area contributed by atoms with Crippen molar-refractivity contribution in [2.45, 2.75) is 36.8 Å². The molecule has 0 saturated carbocycles. The Hall–Kier alpha value is -3.67. The molecule has 246 valence electrons. The summed E-state index contributed by atoms with van der Waals surface area (Å²) in [6.07, 6.45) is 5.81. The number of oxime groups is 1. The fourth-order valence-corrected chi connectivity index (χ4v) is 8.02. The summed E-state index contributed by atoms with van der Waals surface area (Å²) in [6, 6.07) is 3.31. The number of thioether (sulfide) groups is 1. The van der Waals surface area contributed by atoms with Gasteiger partial charge in [0.25, 0.3) is 18.7 Å². The SMILES string of the molecule is [B]P(C)OC(=O)C1=C(C[n+]2cccc3c2ncn3C2CCN(C)CC2)CSC2C(NC(=O)/C(=N\OCF)c3nsc(NC)n3)C(=O)N12. The van der Waals surface area contributed by atoms with Crippen molar-refractivity contribution in [2.75, 3.05) is 51.8 Å². The normalized spacial score (nSPS) is 21.3. The van der Waals surface area contributed by atoms with Gasteiger partial charge in [-0.15, -0.1) is 11.8 Å². The van der Waals surface area contributed by atoms with Gasteiger partial charge in [-0.05, 0) is 56.8 Å². The van der Waals surface area contributed by atoms with Gasteiger partial charge in [-0.2, -0.15) is 9.36 Å². The zero-order chi connectivity index (χ0) is 33.2. The van der Waals surface area contributed by atoms with Crippen molar-refractivity contribution in [1.29, 1.82) is 0 Å². The molecule has 0 spiro atoms. The largest absolute Gasteiger partial charge is 0.452 e. The lowest BCUT2D eigenvalue weighted by molar-refractivity contribution is -0.664. The van der Waals surface area contributed by atoms with Crippen molar-refractivity contribution < 1.29 is 32.7 Å². The molecule has 6 heterocycles. The molecule has 0 aliphatic carbocycles. The van der Waals surface area contributed by atoms with Gasteiger partial charge in [-0.25, -0.2) is 13.8 Å². The third-order valence-electron chi connectivity index (χ3n) is 8.07. The van der Waals surface area contributed by atoms with Gasteiger partial charge in [0.05, 0.1) is 6.20 Å². The second kappa shape index (κ2) is 14.2. The summed E-state index contributed by atoms with van der Waals surface area (Å²) in [7, 11) is 8.05. The average molecular weight is 702 g/mol. The third kappa shape index (κ3) is 6.71. The molecule has 15 nitrogen and oxygen atoms in total. The molecule has 20 heteroatoms. The number of aromatic nitrogens is 5. The number of anilines is 1. The Morgan fingerprint density at radius 2 is 2.11 bits per heavy atom. The molecule has 2 amide bonds. The topological polar surface area (TPSA) is 160 Å². The fourth-order valence-electron chi connectivity index (χ4n) is 5.82. The van der Waals surface area contributed by atoms with E-state index >= 15 is 0 Å². The van der Waals surface area contributed by atoms with Gasteiger partial charge in [0, 0.05) is 44.0 Å². The zero-order valence-corrected chi connectivity index (χ0v) is 28.4. The lowest BCUT2D eigenvalue weighted by atomic mass is 10.0. The number of β-lactam (4-membered cyclic amide) rings is 1. The first-order valence-corrected chi connectivity index (χ1v) is 18.3. The zero-order valence-electron chi connectivity index (χ0n) is 25.8. The summed E-state index contributed by atoms with van der Waals surface area (Å²) in [5.41, 5.74) is 2.10. The molecule has 6 rings (SSSR count). The molecule has 0 aromatic carbocycles. The number of rotatable bonds is 11. The first-order valence-electron chi connectivity index (χ1n) is 14.7. The molecule has 3 atom stereocenters. The molecule has 47 heavy (non-hydrogen) atoms. The van der Waals surface area contributed by atoms with E-state index in [9.17, 15) is 18.8 Å². The predicted octanol–water partition coefficient (Wildman–Crippen LogP) is 1.14. The number of hydrogen-bond acceptors (Lipinski definition) is 13. The van der Waals surface area contributed by atoms with Crippen molar-refractivity contribution in [1.82, 2.24) is 34.0 Å². The van der Waals surface area contributed by atoms with E-state index in [1.165, 1.54) is 16.7 Å². The van der Waals surface area contributed by atoms with E-state index < -0.39 is 49.8 Å². The number of likely N-dealkylation sites (tertiary alicyclic amines) is 1. The fraction of sp³-hybridized carbons (Fsp3) is 0.481. The standard InChI is InChI=1S/C27H31BFN10O5PS2/c1-30-27-33-21(35-47-27)18(34-43-13-29)23(40)32-19-24(41)39-20(26(42)44-45(3)28)15(12-46-25(19)39)11-37-8-4-5-17-22(37)31-14-38(17)16-6-9-36(2)10-7-16/h4-5,8,14,16,19,25H,6-7,9-13H2,1-3H3,(H-,30,32,33,35,40)/p+1/b34-18-. The van der Waals surface area contributed by atoms with Crippen molar-refractivity contribution >= 4 is 78.7 Å². The van der Waals surface area contributed by atoms with Crippen LogP contribution in [0.4, 0.5) is 9.52 Å². The number of nitrogens with one attached hydrogen (secondary N) is 2. The summed E-state index contributed by atoms with van der Waals surface area (Å²) >= 11 is 2.35. The van der Waals surface area contributed by atoms with Crippen LogP contribution in [0.1, 0.15) is 24.7 Å². The molecule has 3 aliphatic heterocycles. The number of alkyl halides is 1. The van der Waals surface area contributed by atoms with Gasteiger partial charge in [0.2, 0.25) is 23.0 Å². The number of halogens is 1. The highest BCUT2D eigenvalue weighted by atomic mass is 32.2. The van der Waals surface area contributed by atoms with Crippen LogP contribution >= 0.6 is 31.3 Å². The van der Waals surface area contributed by atoms with Crippen LogP contribution in [0.2, 0.25) is 0 Å². The molecule has 3 aromatic rings. The van der Waals surface area contributed by atoms with Gasteiger partial charge in [-0.1, -0.05) is 5.16 Å². The third-order valence-corrected chi connectivity index (χ3v) is 10.6. The highest BCUT2D eigenvalue weighted by molar-refractivity contribution is 8.00. The molecule has 2 N–H and O–H groups in total. The highest BCUT2D eigenvalue weighted by Crippen LogP contribution is 2.42. The van der Waals surface area contributed by atoms with Crippen molar-refractivity contribution in [3.05, 3.63) is 41.8 Å². The second-order valence-corrected chi connectivity index (χ2v) is 14.3. The minimum atomic E-state index is -1.57. The number of imidazole rings is 1. The van der Waals surface area contributed by atoms with Crippen molar-refractivity contribution in [3.63, 3.8) is 0 Å². The number of hydrogen-bond donors (Lipinski definition) is 2. The summed E-state index contributed by atoms with van der Waals surface area (Å²) in [4.78, 5) is 57.3. The maximum Gasteiger partial charge on any atom is 0.357 e. The summed E-state index contributed by atoms with van der Waals surface area (Å²) < 4.78 is 26.4. The van der Waals surface area contributed by atoms with Crippen LogP contribution in [0.5, 0.6) is 0 Å². The van der Waals surface area contributed by atoms with Crippen molar-refractivity contribution in [3.8, 4) is 0 Å². The molecule has 3 aliphatic rings. The van der Waals surface area contributed by atoms with E-state index in [4.69, 9.17) is 17.1 Å². The molecular weight excluding hydrogens is 669 g/mol. The Kier molecular flexibility index (Phi) is 10.1. The maximum absolute atomic E-state index is 13.6. The molecule has 3 unspecified atom stereocenters. The predicted molar refractivity (Wildman–Crippen MR) is 175 cm³/mol. The van der Waals surface area contributed by atoms with E-state index in [0.29, 0.717) is 22.5 Å². The first-order chi connectivity index (χ1) is 22.7. The molecular formula is C27H32BFN10O5PS2+. The van der Waals surface area contributed by atoms with Crippen LogP contribution < -0.4 is 15.2 Å². The van der Waals surface area contributed by atoms with Crippen LogP contribution in [-0.4, -0.2) is 118 Å². The number of carbonyl (C=O) groups is 3. The second-order valence-electron chi connectivity index (χ2n) is 11.1. The minimum absolute atomic E-state index is 0.0952. The Morgan fingerprint density at radius 1 is 1.32 bits per heavy atom. The van der Waals surface area contributed by atoms with E-state index in [-0.39, 0.29) is 18.1 Å². The van der Waals surface area contributed by atoms with Gasteiger partial charge in [-0.3, -0.25) is 14.5 Å². The summed E-state index contributed by atoms with van der Waals surface area (Å²) in [5, 5.41) is 8.74. The minimum Gasteiger partial charge on any atom is -0.452 e. The van der Waals surface area contributed by atoms with Crippen LogP contribution in [0, 0.1) is 0 Å².